The van der Waals surface area contributed by atoms with E-state index in [2.05, 4.69) is 31.4 Å². The highest BCUT2D eigenvalue weighted by Gasteiger charge is 2.10. The van der Waals surface area contributed by atoms with Crippen molar-refractivity contribution in [3.63, 3.8) is 0 Å². The molecule has 1 aromatic carbocycles. The first-order valence-electron chi connectivity index (χ1n) is 6.09. The van der Waals surface area contributed by atoms with Crippen LogP contribution in [0.1, 0.15) is 11.5 Å². The summed E-state index contributed by atoms with van der Waals surface area (Å²) in [4.78, 5) is 4.26. The Bertz CT molecular complexity index is 707. The van der Waals surface area contributed by atoms with Gasteiger partial charge in [-0.05, 0) is 42.8 Å². The van der Waals surface area contributed by atoms with Gasteiger partial charge in [0.2, 0.25) is 11.7 Å². The Morgan fingerprint density at radius 3 is 2.95 bits per heavy atom. The van der Waals surface area contributed by atoms with Crippen LogP contribution in [0, 0.1) is 6.92 Å². The summed E-state index contributed by atoms with van der Waals surface area (Å²) in [7, 11) is 0. The van der Waals surface area contributed by atoms with Gasteiger partial charge in [0.15, 0.2) is 5.76 Å². The van der Waals surface area contributed by atoms with Crippen LogP contribution in [0.2, 0.25) is 0 Å². The molecule has 0 fully saturated rings. The monoisotopic (exact) mass is 333 g/mol. The van der Waals surface area contributed by atoms with Gasteiger partial charge in [-0.25, -0.2) is 0 Å². The molecule has 1 N–H and O–H groups in total. The van der Waals surface area contributed by atoms with Crippen LogP contribution in [0.25, 0.3) is 11.6 Å². The average Bonchev–Trinajstić information content (AvgIpc) is 3.09. The van der Waals surface area contributed by atoms with E-state index >= 15 is 0 Å². The zero-order valence-electron chi connectivity index (χ0n) is 10.8. The van der Waals surface area contributed by atoms with Gasteiger partial charge in [-0.1, -0.05) is 21.1 Å². The SMILES string of the molecule is Cc1cc(NCc2nc(-c3ccco3)no2)ccc1Br. The molecule has 3 aromatic rings. The summed E-state index contributed by atoms with van der Waals surface area (Å²) in [6.07, 6.45) is 1.58. The number of furan rings is 1. The molecule has 0 aliphatic heterocycles. The van der Waals surface area contributed by atoms with Crippen LogP contribution in [0.3, 0.4) is 0 Å². The third kappa shape index (κ3) is 2.75. The highest BCUT2D eigenvalue weighted by Crippen LogP contribution is 2.21. The zero-order valence-corrected chi connectivity index (χ0v) is 12.3. The van der Waals surface area contributed by atoms with Crippen molar-refractivity contribution < 1.29 is 8.94 Å². The number of aromatic nitrogens is 2. The van der Waals surface area contributed by atoms with Crippen LogP contribution in [0.5, 0.6) is 0 Å². The number of anilines is 1. The second-order valence-electron chi connectivity index (χ2n) is 4.31. The van der Waals surface area contributed by atoms with E-state index in [1.165, 1.54) is 0 Å². The third-order valence-electron chi connectivity index (χ3n) is 2.81. The Hall–Kier alpha value is -2.08. The molecule has 2 aromatic heterocycles. The van der Waals surface area contributed by atoms with E-state index < -0.39 is 0 Å². The lowest BCUT2D eigenvalue weighted by atomic mass is 10.2. The summed E-state index contributed by atoms with van der Waals surface area (Å²) in [6, 6.07) is 9.61. The van der Waals surface area contributed by atoms with Gasteiger partial charge >= 0.3 is 0 Å². The van der Waals surface area contributed by atoms with Crippen LogP contribution in [0.4, 0.5) is 5.69 Å². The molecule has 0 aliphatic rings. The Labute approximate surface area is 124 Å². The molecule has 0 spiro atoms. The van der Waals surface area contributed by atoms with Crippen molar-refractivity contribution >= 4 is 21.6 Å². The highest BCUT2D eigenvalue weighted by molar-refractivity contribution is 9.10. The first kappa shape index (κ1) is 12.9. The standard InChI is InChI=1S/C14H12BrN3O2/c1-9-7-10(4-5-11(9)15)16-8-13-17-14(18-20-13)12-3-2-6-19-12/h2-7,16H,8H2,1H3. The van der Waals surface area contributed by atoms with E-state index in [0.29, 0.717) is 24.0 Å². The molecule has 0 amide bonds. The Balaban J connectivity index is 1.68. The van der Waals surface area contributed by atoms with Gasteiger partial charge < -0.3 is 14.3 Å². The third-order valence-corrected chi connectivity index (χ3v) is 3.70. The van der Waals surface area contributed by atoms with Crippen LogP contribution >= 0.6 is 15.9 Å². The summed E-state index contributed by atoms with van der Waals surface area (Å²) < 4.78 is 11.5. The number of aryl methyl sites for hydroxylation is 1. The predicted molar refractivity (Wildman–Crippen MR) is 78.2 cm³/mol. The fourth-order valence-electron chi connectivity index (χ4n) is 1.76. The van der Waals surface area contributed by atoms with Crippen molar-refractivity contribution in [2.75, 3.05) is 5.32 Å². The molecular weight excluding hydrogens is 322 g/mol. The zero-order chi connectivity index (χ0) is 13.9. The number of nitrogens with zero attached hydrogens (tertiary/aromatic N) is 2. The molecular formula is C14H12BrN3O2. The summed E-state index contributed by atoms with van der Waals surface area (Å²) in [5.41, 5.74) is 2.17. The summed E-state index contributed by atoms with van der Waals surface area (Å²) in [5.74, 6) is 1.57. The minimum absolute atomic E-state index is 0.457. The van der Waals surface area contributed by atoms with Gasteiger partial charge in [0.1, 0.15) is 0 Å². The molecule has 6 heteroatoms. The summed E-state index contributed by atoms with van der Waals surface area (Å²) in [5, 5.41) is 7.12. The van der Waals surface area contributed by atoms with Gasteiger partial charge in [-0.2, -0.15) is 4.98 Å². The number of halogens is 1. The van der Waals surface area contributed by atoms with E-state index in [0.717, 1.165) is 15.7 Å². The van der Waals surface area contributed by atoms with E-state index in [9.17, 15) is 0 Å². The lowest BCUT2D eigenvalue weighted by molar-refractivity contribution is 0.382. The van der Waals surface area contributed by atoms with Gasteiger partial charge in [-0.15, -0.1) is 0 Å². The molecule has 0 aliphatic carbocycles. The number of hydrogen-bond donors (Lipinski definition) is 1. The van der Waals surface area contributed by atoms with E-state index in [1.54, 1.807) is 18.4 Å². The van der Waals surface area contributed by atoms with Crippen molar-refractivity contribution in [2.45, 2.75) is 13.5 Å². The van der Waals surface area contributed by atoms with Crippen LogP contribution < -0.4 is 5.32 Å². The minimum atomic E-state index is 0.457. The van der Waals surface area contributed by atoms with Crippen LogP contribution in [-0.2, 0) is 6.54 Å². The molecule has 0 unspecified atom stereocenters. The quantitative estimate of drug-likeness (QED) is 0.781. The molecule has 20 heavy (non-hydrogen) atoms. The molecule has 2 heterocycles. The maximum Gasteiger partial charge on any atom is 0.246 e. The molecule has 3 rings (SSSR count). The maximum absolute atomic E-state index is 5.21. The smallest absolute Gasteiger partial charge is 0.246 e. The van der Waals surface area contributed by atoms with E-state index in [-0.39, 0.29) is 0 Å². The normalized spacial score (nSPS) is 10.7. The predicted octanol–water partition coefficient (Wildman–Crippen LogP) is 4.01. The lowest BCUT2D eigenvalue weighted by Crippen LogP contribution is -1.99. The average molecular weight is 334 g/mol. The van der Waals surface area contributed by atoms with Crippen molar-refractivity contribution in [3.05, 3.63) is 52.5 Å². The summed E-state index contributed by atoms with van der Waals surface area (Å²) in [6.45, 7) is 2.51. The molecule has 5 nitrogen and oxygen atoms in total. The van der Waals surface area contributed by atoms with E-state index in [1.807, 2.05) is 25.1 Å². The largest absolute Gasteiger partial charge is 0.461 e. The first-order valence-corrected chi connectivity index (χ1v) is 6.88. The first-order chi connectivity index (χ1) is 9.72. The van der Waals surface area contributed by atoms with Crippen LogP contribution in [0.15, 0.2) is 50.0 Å². The Morgan fingerprint density at radius 1 is 1.30 bits per heavy atom. The fraction of sp³-hybridized carbons (Fsp3) is 0.143. The van der Waals surface area contributed by atoms with Gasteiger partial charge in [0.05, 0.1) is 12.8 Å². The lowest BCUT2D eigenvalue weighted by Gasteiger charge is -2.05. The minimum Gasteiger partial charge on any atom is -0.461 e. The van der Waals surface area contributed by atoms with Gasteiger partial charge in [0, 0.05) is 10.2 Å². The second kappa shape index (κ2) is 5.50. The number of hydrogen-bond acceptors (Lipinski definition) is 5. The molecule has 102 valence electrons. The maximum atomic E-state index is 5.21. The second-order valence-corrected chi connectivity index (χ2v) is 5.16. The number of nitrogens with one attached hydrogen (secondary N) is 1. The van der Waals surface area contributed by atoms with Crippen LogP contribution in [-0.4, -0.2) is 10.1 Å². The molecule has 0 saturated carbocycles. The number of benzene rings is 1. The van der Waals surface area contributed by atoms with E-state index in [4.69, 9.17) is 8.94 Å². The molecule has 0 bridgehead atoms. The summed E-state index contributed by atoms with van der Waals surface area (Å²) >= 11 is 3.47. The van der Waals surface area contributed by atoms with Crippen molar-refractivity contribution in [2.24, 2.45) is 0 Å². The number of rotatable bonds is 4. The topological polar surface area (TPSA) is 64.1 Å². The fourth-order valence-corrected chi connectivity index (χ4v) is 2.01. The molecule has 0 saturated heterocycles. The van der Waals surface area contributed by atoms with Crippen molar-refractivity contribution in [1.29, 1.82) is 0 Å². The van der Waals surface area contributed by atoms with Crippen molar-refractivity contribution in [1.82, 2.24) is 10.1 Å². The Kier molecular flexibility index (Phi) is 3.56. The van der Waals surface area contributed by atoms with Crippen molar-refractivity contribution in [3.8, 4) is 11.6 Å². The molecule has 0 radical (unpaired) electrons. The van der Waals surface area contributed by atoms with Gasteiger partial charge in [-0.3, -0.25) is 0 Å². The molecule has 0 atom stereocenters. The highest BCUT2D eigenvalue weighted by atomic mass is 79.9. The Morgan fingerprint density at radius 2 is 2.20 bits per heavy atom. The van der Waals surface area contributed by atoms with Gasteiger partial charge in [0.25, 0.3) is 0 Å².